The molecule has 4 nitrogen and oxygen atoms in total. The number of hydrogen-bond acceptors (Lipinski definition) is 4. The quantitative estimate of drug-likeness (QED) is 0.894. The first-order valence-corrected chi connectivity index (χ1v) is 8.36. The van der Waals surface area contributed by atoms with Gasteiger partial charge in [-0.1, -0.05) is 6.07 Å². The molecule has 0 amide bonds. The lowest BCUT2D eigenvalue weighted by atomic mass is 9.92. The summed E-state index contributed by atoms with van der Waals surface area (Å²) in [7, 11) is -3.78. The van der Waals surface area contributed by atoms with Crippen molar-refractivity contribution < 1.29 is 18.6 Å². The van der Waals surface area contributed by atoms with Gasteiger partial charge in [-0.2, -0.15) is 0 Å². The van der Waals surface area contributed by atoms with E-state index in [4.69, 9.17) is 0 Å². The number of aryl methyl sites for hydroxylation is 2. The smallest absolute Gasteiger partial charge is 0.210 e. The minimum Gasteiger partial charge on any atom is -0.508 e. The van der Waals surface area contributed by atoms with Crippen molar-refractivity contribution >= 4 is 9.84 Å². The van der Waals surface area contributed by atoms with Crippen LogP contribution in [0.4, 0.5) is 0 Å². The van der Waals surface area contributed by atoms with E-state index < -0.39 is 15.6 Å². The van der Waals surface area contributed by atoms with E-state index in [2.05, 4.69) is 0 Å². The van der Waals surface area contributed by atoms with Crippen LogP contribution in [-0.4, -0.2) is 18.6 Å². The van der Waals surface area contributed by atoms with Crippen molar-refractivity contribution in [1.29, 1.82) is 0 Å². The van der Waals surface area contributed by atoms with Gasteiger partial charge in [0.2, 0.25) is 9.84 Å². The Hall–Kier alpha value is -2.01. The summed E-state index contributed by atoms with van der Waals surface area (Å²) in [5.41, 5.74) is 2.27. The van der Waals surface area contributed by atoms with Crippen LogP contribution in [0.25, 0.3) is 0 Å². The number of fused-ring (bicyclic) bond motifs is 1. The van der Waals surface area contributed by atoms with Crippen LogP contribution in [-0.2, 0) is 22.7 Å². The summed E-state index contributed by atoms with van der Waals surface area (Å²) in [6, 6.07) is 8.66. The lowest BCUT2D eigenvalue weighted by molar-refractivity contribution is 0.439. The topological polar surface area (TPSA) is 74.6 Å². The number of phenols is 2. The van der Waals surface area contributed by atoms with E-state index in [9.17, 15) is 18.6 Å². The first-order chi connectivity index (χ1) is 9.98. The second-order valence-electron chi connectivity index (χ2n) is 5.29. The summed E-state index contributed by atoms with van der Waals surface area (Å²) in [5, 5.41) is 19.1. The van der Waals surface area contributed by atoms with Crippen molar-refractivity contribution in [1.82, 2.24) is 0 Å². The van der Waals surface area contributed by atoms with Crippen molar-refractivity contribution in [3.8, 4) is 11.5 Å². The predicted molar refractivity (Wildman–Crippen MR) is 78.3 cm³/mol. The fourth-order valence-corrected chi connectivity index (χ4v) is 4.12. The summed E-state index contributed by atoms with van der Waals surface area (Å²) in [4.78, 5) is 0.000184. The standard InChI is InChI=1S/C16H16O4S/c17-13-6-8-16(15(18)10-13)21(19,20)14-7-5-11-3-1-2-4-12(11)9-14/h5-10,17-18H,1-4H2. The van der Waals surface area contributed by atoms with E-state index >= 15 is 0 Å². The number of phenolic OH excluding ortho intramolecular Hbond substituents is 2. The Morgan fingerprint density at radius 2 is 1.57 bits per heavy atom. The molecule has 0 saturated heterocycles. The van der Waals surface area contributed by atoms with E-state index in [1.165, 1.54) is 17.7 Å². The number of rotatable bonds is 2. The van der Waals surface area contributed by atoms with Gasteiger partial charge in [0.05, 0.1) is 4.90 Å². The van der Waals surface area contributed by atoms with E-state index in [1.807, 2.05) is 6.07 Å². The molecule has 0 aliphatic heterocycles. The zero-order valence-electron chi connectivity index (χ0n) is 11.4. The van der Waals surface area contributed by atoms with Gasteiger partial charge in [-0.05, 0) is 61.1 Å². The Morgan fingerprint density at radius 3 is 2.29 bits per heavy atom. The van der Waals surface area contributed by atoms with Crippen LogP contribution >= 0.6 is 0 Å². The maximum atomic E-state index is 12.6. The van der Waals surface area contributed by atoms with Gasteiger partial charge in [-0.3, -0.25) is 0 Å². The van der Waals surface area contributed by atoms with Crippen LogP contribution in [0.1, 0.15) is 24.0 Å². The molecule has 0 atom stereocenters. The molecule has 0 spiro atoms. The van der Waals surface area contributed by atoms with Gasteiger partial charge in [-0.25, -0.2) is 8.42 Å². The third-order valence-electron chi connectivity index (χ3n) is 3.86. The molecule has 5 heteroatoms. The highest BCUT2D eigenvalue weighted by atomic mass is 32.2. The fraction of sp³-hybridized carbons (Fsp3) is 0.250. The third kappa shape index (κ3) is 2.49. The van der Waals surface area contributed by atoms with Gasteiger partial charge in [0.25, 0.3) is 0 Å². The van der Waals surface area contributed by atoms with Crippen molar-refractivity contribution in [2.24, 2.45) is 0 Å². The highest BCUT2D eigenvalue weighted by Gasteiger charge is 2.23. The summed E-state index contributed by atoms with van der Waals surface area (Å²) in [6.45, 7) is 0. The average molecular weight is 304 g/mol. The molecule has 0 radical (unpaired) electrons. The molecule has 0 aromatic heterocycles. The van der Waals surface area contributed by atoms with Gasteiger partial charge in [0.1, 0.15) is 16.4 Å². The Morgan fingerprint density at radius 1 is 0.857 bits per heavy atom. The summed E-state index contributed by atoms with van der Waals surface area (Å²) in [5.74, 6) is -0.607. The molecule has 1 aliphatic carbocycles. The highest BCUT2D eigenvalue weighted by Crippen LogP contribution is 2.33. The maximum absolute atomic E-state index is 12.6. The monoisotopic (exact) mass is 304 g/mol. The van der Waals surface area contributed by atoms with E-state index in [1.54, 1.807) is 12.1 Å². The molecule has 2 aromatic carbocycles. The lowest BCUT2D eigenvalue weighted by Crippen LogP contribution is -2.07. The SMILES string of the molecule is O=S(=O)(c1ccc2c(c1)CCCC2)c1ccc(O)cc1O. The lowest BCUT2D eigenvalue weighted by Gasteiger charge is -2.16. The molecule has 0 saturated carbocycles. The second-order valence-corrected chi connectivity index (χ2v) is 7.21. The van der Waals surface area contributed by atoms with E-state index in [-0.39, 0.29) is 15.5 Å². The fourth-order valence-electron chi connectivity index (χ4n) is 2.74. The Bertz CT molecular complexity index is 794. The zero-order valence-corrected chi connectivity index (χ0v) is 12.2. The highest BCUT2D eigenvalue weighted by molar-refractivity contribution is 7.91. The van der Waals surface area contributed by atoms with Gasteiger partial charge >= 0.3 is 0 Å². The molecule has 1 aliphatic rings. The molecular formula is C16H16O4S. The molecule has 0 fully saturated rings. The average Bonchev–Trinajstić information content (AvgIpc) is 2.46. The molecule has 21 heavy (non-hydrogen) atoms. The zero-order chi connectivity index (χ0) is 15.0. The van der Waals surface area contributed by atoms with Gasteiger partial charge in [0, 0.05) is 6.07 Å². The van der Waals surface area contributed by atoms with Crippen molar-refractivity contribution in [2.75, 3.05) is 0 Å². The van der Waals surface area contributed by atoms with Gasteiger partial charge < -0.3 is 10.2 Å². The minimum absolute atomic E-state index is 0.170. The number of benzene rings is 2. The van der Waals surface area contributed by atoms with Crippen LogP contribution in [0.15, 0.2) is 46.2 Å². The molecule has 110 valence electrons. The molecule has 0 bridgehead atoms. The summed E-state index contributed by atoms with van der Waals surface area (Å²) in [6.07, 6.45) is 4.08. The Balaban J connectivity index is 2.10. The maximum Gasteiger partial charge on any atom is 0.210 e. The van der Waals surface area contributed by atoms with Crippen LogP contribution in [0.5, 0.6) is 11.5 Å². The van der Waals surface area contributed by atoms with Crippen molar-refractivity contribution in [3.63, 3.8) is 0 Å². The number of aromatic hydroxyl groups is 2. The molecule has 3 rings (SSSR count). The van der Waals surface area contributed by atoms with Crippen LogP contribution < -0.4 is 0 Å². The Labute approximate surface area is 123 Å². The minimum atomic E-state index is -3.78. The Kier molecular flexibility index (Phi) is 3.37. The van der Waals surface area contributed by atoms with Crippen LogP contribution in [0, 0.1) is 0 Å². The molecule has 0 heterocycles. The van der Waals surface area contributed by atoms with E-state index in [0.717, 1.165) is 37.3 Å². The van der Waals surface area contributed by atoms with Gasteiger partial charge in [-0.15, -0.1) is 0 Å². The molecule has 0 unspecified atom stereocenters. The number of sulfone groups is 1. The number of hydrogen-bond donors (Lipinski definition) is 2. The molecular weight excluding hydrogens is 288 g/mol. The predicted octanol–water partition coefficient (Wildman–Crippen LogP) is 2.81. The molecule has 2 N–H and O–H groups in total. The third-order valence-corrected chi connectivity index (χ3v) is 5.66. The van der Waals surface area contributed by atoms with Crippen molar-refractivity contribution in [3.05, 3.63) is 47.5 Å². The summed E-state index contributed by atoms with van der Waals surface area (Å²) >= 11 is 0. The van der Waals surface area contributed by atoms with Crippen molar-refractivity contribution in [2.45, 2.75) is 35.5 Å². The largest absolute Gasteiger partial charge is 0.508 e. The first-order valence-electron chi connectivity index (χ1n) is 6.87. The van der Waals surface area contributed by atoms with E-state index in [0.29, 0.717) is 0 Å². The normalized spacial score (nSPS) is 14.7. The van der Waals surface area contributed by atoms with Crippen LogP contribution in [0.3, 0.4) is 0 Å². The summed E-state index contributed by atoms with van der Waals surface area (Å²) < 4.78 is 25.2. The van der Waals surface area contributed by atoms with Gasteiger partial charge in [0.15, 0.2) is 0 Å². The first kappa shape index (κ1) is 13.9. The molecule has 2 aromatic rings. The van der Waals surface area contributed by atoms with Crippen LogP contribution in [0.2, 0.25) is 0 Å². The second kappa shape index (κ2) is 5.07.